The van der Waals surface area contributed by atoms with E-state index in [0.717, 1.165) is 48.8 Å². The third-order valence-electron chi connectivity index (χ3n) is 5.17. The number of amides is 1. The van der Waals surface area contributed by atoms with Crippen LogP contribution in [-0.2, 0) is 11.3 Å². The van der Waals surface area contributed by atoms with Gasteiger partial charge in [-0.05, 0) is 43.5 Å². The average Bonchev–Trinajstić information content (AvgIpc) is 3.13. The van der Waals surface area contributed by atoms with Crippen LogP contribution in [-0.4, -0.2) is 33.6 Å². The second-order valence-corrected chi connectivity index (χ2v) is 7.34. The molecule has 0 unspecified atom stereocenters. The third-order valence-corrected chi connectivity index (χ3v) is 5.53. The Morgan fingerprint density at radius 3 is 2.70 bits per heavy atom. The summed E-state index contributed by atoms with van der Waals surface area (Å²) in [7, 11) is 0. The molecule has 1 aliphatic rings. The molecule has 1 saturated heterocycles. The Morgan fingerprint density at radius 2 is 1.93 bits per heavy atom. The van der Waals surface area contributed by atoms with Gasteiger partial charge in [-0.25, -0.2) is 0 Å². The van der Waals surface area contributed by atoms with Gasteiger partial charge in [-0.3, -0.25) is 9.20 Å². The molecular weight excluding hydrogens is 362 g/mol. The fourth-order valence-corrected chi connectivity index (χ4v) is 3.80. The van der Waals surface area contributed by atoms with Gasteiger partial charge in [0.05, 0.1) is 0 Å². The second-order valence-electron chi connectivity index (χ2n) is 6.93. The molecule has 0 saturated carbocycles. The number of fused-ring (bicyclic) bond motifs is 1. The zero-order valence-corrected chi connectivity index (χ0v) is 16.0. The normalized spacial score (nSPS) is 15.3. The first-order valence-electron chi connectivity index (χ1n) is 9.20. The first-order valence-corrected chi connectivity index (χ1v) is 9.58. The van der Waals surface area contributed by atoms with Crippen molar-refractivity contribution in [2.45, 2.75) is 26.3 Å². The fourth-order valence-electron chi connectivity index (χ4n) is 3.60. The minimum Gasteiger partial charge on any atom is -0.352 e. The Bertz CT molecular complexity index is 962. The summed E-state index contributed by atoms with van der Waals surface area (Å²) in [4.78, 5) is 14.7. The average molecular weight is 384 g/mol. The first-order chi connectivity index (χ1) is 13.1. The highest BCUT2D eigenvalue weighted by molar-refractivity contribution is 6.31. The van der Waals surface area contributed by atoms with E-state index >= 15 is 0 Å². The lowest BCUT2D eigenvalue weighted by Crippen LogP contribution is -2.41. The number of pyridine rings is 1. The van der Waals surface area contributed by atoms with Gasteiger partial charge in [0, 0.05) is 36.3 Å². The van der Waals surface area contributed by atoms with E-state index in [2.05, 4.69) is 37.8 Å². The van der Waals surface area contributed by atoms with Crippen molar-refractivity contribution < 1.29 is 4.79 Å². The van der Waals surface area contributed by atoms with Crippen molar-refractivity contribution in [3.8, 4) is 0 Å². The van der Waals surface area contributed by atoms with Crippen LogP contribution in [0, 0.1) is 12.8 Å². The molecule has 1 aromatic carbocycles. The third kappa shape index (κ3) is 3.62. The molecule has 140 valence electrons. The van der Waals surface area contributed by atoms with Crippen LogP contribution in [0.15, 0.2) is 42.5 Å². The molecule has 1 aliphatic heterocycles. The van der Waals surface area contributed by atoms with E-state index in [1.165, 1.54) is 0 Å². The van der Waals surface area contributed by atoms with E-state index in [9.17, 15) is 4.79 Å². The van der Waals surface area contributed by atoms with E-state index in [0.29, 0.717) is 11.6 Å². The van der Waals surface area contributed by atoms with E-state index < -0.39 is 0 Å². The van der Waals surface area contributed by atoms with Gasteiger partial charge in [-0.15, -0.1) is 10.2 Å². The quantitative estimate of drug-likeness (QED) is 0.751. The molecule has 1 N–H and O–H groups in total. The van der Waals surface area contributed by atoms with Gasteiger partial charge < -0.3 is 10.2 Å². The van der Waals surface area contributed by atoms with Gasteiger partial charge in [-0.1, -0.05) is 35.9 Å². The van der Waals surface area contributed by atoms with Crippen molar-refractivity contribution in [2.75, 3.05) is 18.0 Å². The summed E-state index contributed by atoms with van der Waals surface area (Å²) in [6.45, 7) is 4.10. The Balaban J connectivity index is 1.37. The van der Waals surface area contributed by atoms with Crippen LogP contribution in [0.3, 0.4) is 0 Å². The molecule has 0 bridgehead atoms. The molecule has 0 spiro atoms. The molecule has 6 nitrogen and oxygen atoms in total. The lowest BCUT2D eigenvalue weighted by Gasteiger charge is -2.31. The number of benzene rings is 1. The minimum absolute atomic E-state index is 0.0176. The van der Waals surface area contributed by atoms with Crippen molar-refractivity contribution in [3.05, 3.63) is 58.7 Å². The molecular formula is C20H22ClN5O. The Kier molecular flexibility index (Phi) is 4.99. The number of piperidine rings is 1. The summed E-state index contributed by atoms with van der Waals surface area (Å²) >= 11 is 6.16. The predicted octanol–water partition coefficient (Wildman–Crippen LogP) is 3.22. The number of hydrogen-bond donors (Lipinski definition) is 1. The lowest BCUT2D eigenvalue weighted by molar-refractivity contribution is -0.125. The number of carbonyl (C=O) groups is 1. The number of nitrogens with one attached hydrogen (secondary N) is 1. The van der Waals surface area contributed by atoms with Crippen LogP contribution in [0.1, 0.15) is 24.1 Å². The topological polar surface area (TPSA) is 62.5 Å². The molecule has 4 rings (SSSR count). The van der Waals surface area contributed by atoms with Crippen molar-refractivity contribution in [1.29, 1.82) is 0 Å². The molecule has 1 fully saturated rings. The van der Waals surface area contributed by atoms with Gasteiger partial charge >= 0.3 is 0 Å². The number of hydrogen-bond acceptors (Lipinski definition) is 4. The van der Waals surface area contributed by atoms with Gasteiger partial charge in [0.1, 0.15) is 0 Å². The summed E-state index contributed by atoms with van der Waals surface area (Å²) in [5, 5.41) is 12.3. The van der Waals surface area contributed by atoms with Crippen LogP contribution in [0.25, 0.3) is 5.65 Å². The van der Waals surface area contributed by atoms with Gasteiger partial charge in [0.15, 0.2) is 5.65 Å². The van der Waals surface area contributed by atoms with Gasteiger partial charge in [0.2, 0.25) is 11.9 Å². The molecule has 1 amide bonds. The largest absolute Gasteiger partial charge is 0.352 e. The highest BCUT2D eigenvalue weighted by Gasteiger charge is 2.27. The van der Waals surface area contributed by atoms with Crippen molar-refractivity contribution in [3.63, 3.8) is 0 Å². The van der Waals surface area contributed by atoms with E-state index in [1.807, 2.05) is 36.4 Å². The van der Waals surface area contributed by atoms with Crippen molar-refractivity contribution in [2.24, 2.45) is 5.92 Å². The highest BCUT2D eigenvalue weighted by atomic mass is 35.5. The van der Waals surface area contributed by atoms with Crippen LogP contribution < -0.4 is 10.2 Å². The summed E-state index contributed by atoms with van der Waals surface area (Å²) in [6, 6.07) is 13.6. The number of aryl methyl sites for hydroxylation is 1. The van der Waals surface area contributed by atoms with Crippen LogP contribution in [0.2, 0.25) is 5.02 Å². The van der Waals surface area contributed by atoms with E-state index in [4.69, 9.17) is 11.6 Å². The van der Waals surface area contributed by atoms with Crippen molar-refractivity contribution in [1.82, 2.24) is 19.9 Å². The summed E-state index contributed by atoms with van der Waals surface area (Å²) in [6.07, 6.45) is 1.60. The maximum atomic E-state index is 12.5. The number of rotatable bonds is 4. The Morgan fingerprint density at radius 1 is 1.15 bits per heavy atom. The first kappa shape index (κ1) is 17.8. The Hall–Kier alpha value is -2.60. The number of anilines is 1. The number of nitrogens with zero attached hydrogens (tertiary/aromatic N) is 4. The number of carbonyl (C=O) groups excluding carboxylic acids is 1. The summed E-state index contributed by atoms with van der Waals surface area (Å²) < 4.78 is 2.07. The molecule has 27 heavy (non-hydrogen) atoms. The SMILES string of the molecule is Cc1cccc2nnc(N3CCC(C(=O)NCc4ccccc4Cl)CC3)n12. The predicted molar refractivity (Wildman–Crippen MR) is 106 cm³/mol. The molecule has 3 heterocycles. The smallest absolute Gasteiger partial charge is 0.231 e. The van der Waals surface area contributed by atoms with Gasteiger partial charge in [0.25, 0.3) is 0 Å². The summed E-state index contributed by atoms with van der Waals surface area (Å²) in [5.41, 5.74) is 2.90. The minimum atomic E-state index is 0.0176. The Labute approximate surface area is 163 Å². The zero-order chi connectivity index (χ0) is 18.8. The van der Waals surface area contributed by atoms with Crippen molar-refractivity contribution >= 4 is 29.1 Å². The molecule has 0 atom stereocenters. The van der Waals surface area contributed by atoms with Crippen LogP contribution in [0.5, 0.6) is 0 Å². The maximum absolute atomic E-state index is 12.5. The van der Waals surface area contributed by atoms with Crippen LogP contribution >= 0.6 is 11.6 Å². The van der Waals surface area contributed by atoms with Gasteiger partial charge in [-0.2, -0.15) is 0 Å². The standard InChI is InChI=1S/C20H22ClN5O/c1-14-5-4-8-18-23-24-20(26(14)18)25-11-9-15(10-12-25)19(27)22-13-16-6-2-3-7-17(16)21/h2-8,15H,9-13H2,1H3,(H,22,27). The molecule has 3 aromatic rings. The van der Waals surface area contributed by atoms with E-state index in [-0.39, 0.29) is 11.8 Å². The molecule has 7 heteroatoms. The monoisotopic (exact) mass is 383 g/mol. The maximum Gasteiger partial charge on any atom is 0.231 e. The zero-order valence-electron chi connectivity index (χ0n) is 15.2. The number of aromatic nitrogens is 3. The summed E-state index contributed by atoms with van der Waals surface area (Å²) in [5.74, 6) is 0.971. The highest BCUT2D eigenvalue weighted by Crippen LogP contribution is 2.24. The number of halogens is 1. The lowest BCUT2D eigenvalue weighted by atomic mass is 9.96. The molecule has 0 aliphatic carbocycles. The second kappa shape index (κ2) is 7.56. The van der Waals surface area contributed by atoms with Crippen LogP contribution in [0.4, 0.5) is 5.95 Å². The fraction of sp³-hybridized carbons (Fsp3) is 0.350. The van der Waals surface area contributed by atoms with E-state index in [1.54, 1.807) is 0 Å². The molecule has 2 aromatic heterocycles. The molecule has 0 radical (unpaired) electrons.